The monoisotopic (exact) mass is 383 g/mol. The molecular formula is C20H21N3O5. The normalized spacial score (nSPS) is 11.9. The molecule has 2 N–H and O–H groups in total. The molecule has 28 heavy (non-hydrogen) atoms. The maximum atomic E-state index is 12.6. The van der Waals surface area contributed by atoms with Gasteiger partial charge in [0, 0.05) is 30.7 Å². The van der Waals surface area contributed by atoms with Crippen LogP contribution in [0.2, 0.25) is 0 Å². The maximum Gasteiger partial charge on any atom is 0.293 e. The van der Waals surface area contributed by atoms with Crippen LogP contribution in [-0.2, 0) is 4.74 Å². The summed E-state index contributed by atoms with van der Waals surface area (Å²) in [6, 6.07) is 13.4. The van der Waals surface area contributed by atoms with Crippen LogP contribution in [0.5, 0.6) is 0 Å². The molecule has 0 radical (unpaired) electrons. The Balaban J connectivity index is 1.75. The van der Waals surface area contributed by atoms with Crippen LogP contribution in [0.15, 0.2) is 52.9 Å². The average Bonchev–Trinajstić information content (AvgIpc) is 3.12. The van der Waals surface area contributed by atoms with E-state index < -0.39 is 16.9 Å². The van der Waals surface area contributed by atoms with E-state index in [2.05, 4.69) is 10.6 Å². The van der Waals surface area contributed by atoms with Gasteiger partial charge in [-0.05, 0) is 31.2 Å². The molecule has 0 saturated carbocycles. The van der Waals surface area contributed by atoms with Crippen LogP contribution in [0.25, 0.3) is 11.0 Å². The molecule has 0 aliphatic heterocycles. The first-order valence-electron chi connectivity index (χ1n) is 8.80. The van der Waals surface area contributed by atoms with Crippen molar-refractivity contribution in [2.24, 2.45) is 0 Å². The molecular weight excluding hydrogens is 362 g/mol. The van der Waals surface area contributed by atoms with Crippen LogP contribution in [0.3, 0.4) is 0 Å². The summed E-state index contributed by atoms with van der Waals surface area (Å²) < 4.78 is 10.7. The van der Waals surface area contributed by atoms with Crippen LogP contribution < -0.4 is 10.6 Å². The number of nitrogens with zero attached hydrogens (tertiary/aromatic N) is 1. The Morgan fingerprint density at radius 1 is 1.25 bits per heavy atom. The molecule has 0 saturated heterocycles. The summed E-state index contributed by atoms with van der Waals surface area (Å²) in [6.07, 6.45) is 0. The number of carbonyl (C=O) groups excluding carboxylic acids is 1. The third kappa shape index (κ3) is 4.29. The Labute approximate surface area is 161 Å². The number of amides is 1. The number of benzene rings is 2. The van der Waals surface area contributed by atoms with E-state index in [4.69, 9.17) is 9.15 Å². The largest absolute Gasteiger partial charge is 0.459 e. The molecule has 0 aliphatic carbocycles. The highest BCUT2D eigenvalue weighted by molar-refractivity contribution is 5.96. The summed E-state index contributed by atoms with van der Waals surface area (Å²) in [7, 11) is 1.55. The average molecular weight is 383 g/mol. The first-order valence-corrected chi connectivity index (χ1v) is 8.80. The number of nitro groups is 1. The minimum absolute atomic E-state index is 0.167. The number of anilines is 1. The van der Waals surface area contributed by atoms with Crippen molar-refractivity contribution < 1.29 is 18.9 Å². The van der Waals surface area contributed by atoms with E-state index >= 15 is 0 Å². The molecule has 146 valence electrons. The minimum Gasteiger partial charge on any atom is -0.459 e. The number of rotatable bonds is 8. The lowest BCUT2D eigenvalue weighted by molar-refractivity contribution is -0.384. The molecule has 0 bridgehead atoms. The third-order valence-electron chi connectivity index (χ3n) is 4.30. The number of nitrogens with one attached hydrogen (secondary N) is 2. The van der Waals surface area contributed by atoms with E-state index in [1.807, 2.05) is 30.3 Å². The number of fused-ring (bicyclic) bond motifs is 1. The van der Waals surface area contributed by atoms with E-state index in [1.54, 1.807) is 20.1 Å². The Bertz CT molecular complexity index is 965. The smallest absolute Gasteiger partial charge is 0.293 e. The highest BCUT2D eigenvalue weighted by Crippen LogP contribution is 2.27. The van der Waals surface area contributed by atoms with Crippen LogP contribution in [0, 0.1) is 10.1 Å². The number of methoxy groups -OCH3 is 1. The van der Waals surface area contributed by atoms with Crippen molar-refractivity contribution in [3.8, 4) is 0 Å². The highest BCUT2D eigenvalue weighted by atomic mass is 16.6. The molecule has 3 rings (SSSR count). The second kappa shape index (κ2) is 8.53. The van der Waals surface area contributed by atoms with Gasteiger partial charge in [-0.1, -0.05) is 18.2 Å². The molecule has 0 aliphatic rings. The predicted octanol–water partition coefficient (Wildman–Crippen LogP) is 3.89. The maximum absolute atomic E-state index is 12.6. The van der Waals surface area contributed by atoms with Gasteiger partial charge in [-0.15, -0.1) is 0 Å². The van der Waals surface area contributed by atoms with E-state index in [-0.39, 0.29) is 11.3 Å². The standard InChI is InChI=1S/C20H21N3O5/c1-13(19-12-14-5-3-4-6-18(14)28-19)22-20(24)15-7-8-16(21-9-10-27-2)17(11-15)23(25)26/h3-8,11-13,21H,9-10H2,1-2H3,(H,22,24). The predicted molar refractivity (Wildman–Crippen MR) is 106 cm³/mol. The molecule has 1 unspecified atom stereocenters. The fourth-order valence-electron chi connectivity index (χ4n) is 2.83. The zero-order chi connectivity index (χ0) is 20.1. The van der Waals surface area contributed by atoms with Crippen LogP contribution >= 0.6 is 0 Å². The lowest BCUT2D eigenvalue weighted by Gasteiger charge is -2.12. The number of para-hydroxylation sites is 1. The SMILES string of the molecule is COCCNc1ccc(C(=O)NC(C)c2cc3ccccc3o2)cc1[N+](=O)[O-]. The van der Waals surface area contributed by atoms with Gasteiger partial charge in [0.05, 0.1) is 17.6 Å². The zero-order valence-electron chi connectivity index (χ0n) is 15.6. The molecule has 3 aromatic rings. The van der Waals surface area contributed by atoms with Crippen molar-refractivity contribution in [2.45, 2.75) is 13.0 Å². The van der Waals surface area contributed by atoms with Gasteiger partial charge in [0.1, 0.15) is 17.0 Å². The highest BCUT2D eigenvalue weighted by Gasteiger charge is 2.20. The summed E-state index contributed by atoms with van der Waals surface area (Å²) >= 11 is 0. The Morgan fingerprint density at radius 2 is 2.04 bits per heavy atom. The fraction of sp³-hybridized carbons (Fsp3) is 0.250. The molecule has 0 fully saturated rings. The van der Waals surface area contributed by atoms with Gasteiger partial charge < -0.3 is 19.8 Å². The molecule has 0 spiro atoms. The van der Waals surface area contributed by atoms with Crippen molar-refractivity contribution in [1.82, 2.24) is 5.32 Å². The van der Waals surface area contributed by atoms with E-state index in [0.29, 0.717) is 24.6 Å². The molecule has 1 heterocycles. The van der Waals surface area contributed by atoms with Gasteiger partial charge in [0.15, 0.2) is 0 Å². The molecule has 2 aromatic carbocycles. The Morgan fingerprint density at radius 3 is 2.75 bits per heavy atom. The van der Waals surface area contributed by atoms with Gasteiger partial charge in [0.2, 0.25) is 0 Å². The summed E-state index contributed by atoms with van der Waals surface area (Å²) in [5.74, 6) is 0.196. The Hall–Kier alpha value is -3.39. The third-order valence-corrected chi connectivity index (χ3v) is 4.30. The van der Waals surface area contributed by atoms with Crippen LogP contribution in [0.1, 0.15) is 29.1 Å². The van der Waals surface area contributed by atoms with Crippen molar-refractivity contribution >= 4 is 28.3 Å². The van der Waals surface area contributed by atoms with Crippen molar-refractivity contribution in [1.29, 1.82) is 0 Å². The van der Waals surface area contributed by atoms with Crippen molar-refractivity contribution in [2.75, 3.05) is 25.6 Å². The second-order valence-electron chi connectivity index (χ2n) is 6.29. The number of hydrogen-bond acceptors (Lipinski definition) is 6. The van der Waals surface area contributed by atoms with Crippen molar-refractivity contribution in [3.63, 3.8) is 0 Å². The topological polar surface area (TPSA) is 107 Å². The first kappa shape index (κ1) is 19.4. The van der Waals surface area contributed by atoms with E-state index in [9.17, 15) is 14.9 Å². The lowest BCUT2D eigenvalue weighted by atomic mass is 10.1. The minimum atomic E-state index is -0.519. The number of hydrogen-bond donors (Lipinski definition) is 2. The fourth-order valence-corrected chi connectivity index (χ4v) is 2.83. The first-order chi connectivity index (χ1) is 13.5. The van der Waals surface area contributed by atoms with Crippen LogP contribution in [-0.4, -0.2) is 31.1 Å². The molecule has 1 amide bonds. The molecule has 1 aromatic heterocycles. The van der Waals surface area contributed by atoms with Gasteiger partial charge in [-0.25, -0.2) is 0 Å². The van der Waals surface area contributed by atoms with E-state index in [0.717, 1.165) is 11.0 Å². The number of furan rings is 1. The molecule has 8 nitrogen and oxygen atoms in total. The summed E-state index contributed by atoms with van der Waals surface area (Å²) in [5.41, 5.74) is 1.11. The van der Waals surface area contributed by atoms with Gasteiger partial charge >= 0.3 is 0 Å². The number of nitro benzene ring substituents is 1. The summed E-state index contributed by atoms with van der Waals surface area (Å²) in [6.45, 7) is 2.63. The quantitative estimate of drug-likeness (QED) is 0.347. The Kier molecular flexibility index (Phi) is 5.90. The molecule has 1 atom stereocenters. The van der Waals surface area contributed by atoms with Crippen LogP contribution in [0.4, 0.5) is 11.4 Å². The summed E-state index contributed by atoms with van der Waals surface area (Å²) in [5, 5.41) is 18.1. The van der Waals surface area contributed by atoms with Crippen molar-refractivity contribution in [3.05, 3.63) is 70.0 Å². The lowest BCUT2D eigenvalue weighted by Crippen LogP contribution is -2.26. The number of carbonyl (C=O) groups is 1. The second-order valence-corrected chi connectivity index (χ2v) is 6.29. The van der Waals surface area contributed by atoms with Gasteiger partial charge in [-0.2, -0.15) is 0 Å². The van der Waals surface area contributed by atoms with Gasteiger partial charge in [-0.3, -0.25) is 14.9 Å². The summed E-state index contributed by atoms with van der Waals surface area (Å²) in [4.78, 5) is 23.4. The zero-order valence-corrected chi connectivity index (χ0v) is 15.6. The van der Waals surface area contributed by atoms with Gasteiger partial charge in [0.25, 0.3) is 11.6 Å². The number of ether oxygens (including phenoxy) is 1. The van der Waals surface area contributed by atoms with E-state index in [1.165, 1.54) is 12.1 Å². The molecule has 8 heteroatoms.